The molecule has 0 radical (unpaired) electrons. The third-order valence-corrected chi connectivity index (χ3v) is 4.40. The first-order valence-electron chi connectivity index (χ1n) is 3.76. The van der Waals surface area contributed by atoms with Crippen LogP contribution in [0.2, 0.25) is 0 Å². The maximum atomic E-state index is 5.43. The molecule has 0 atom stereocenters. The SMILES string of the molecule is COP(=S)(OC)Oc1cccc(Br)c1. The van der Waals surface area contributed by atoms with Crippen LogP contribution in [0.5, 0.6) is 5.75 Å². The predicted octanol–water partition coefficient (Wildman–Crippen LogP) is 3.35. The molecule has 0 unspecified atom stereocenters. The number of hydrogen-bond donors (Lipinski definition) is 0. The fraction of sp³-hybridized carbons (Fsp3) is 0.250. The first-order valence-corrected chi connectivity index (χ1v) is 7.11. The van der Waals surface area contributed by atoms with Gasteiger partial charge in [-0.3, -0.25) is 0 Å². The molecule has 0 amide bonds. The summed E-state index contributed by atoms with van der Waals surface area (Å²) < 4.78 is 16.3. The molecule has 0 fully saturated rings. The van der Waals surface area contributed by atoms with Gasteiger partial charge in [-0.1, -0.05) is 22.0 Å². The summed E-state index contributed by atoms with van der Waals surface area (Å²) in [5, 5.41) is 0. The second kappa shape index (κ2) is 5.24. The molecule has 78 valence electrons. The summed E-state index contributed by atoms with van der Waals surface area (Å²) in [6.45, 7) is -2.61. The van der Waals surface area contributed by atoms with E-state index in [2.05, 4.69) is 15.9 Å². The zero-order chi connectivity index (χ0) is 10.6. The smallest absolute Gasteiger partial charge is 0.380 e. The Morgan fingerprint density at radius 1 is 1.29 bits per heavy atom. The van der Waals surface area contributed by atoms with Crippen LogP contribution in [0.15, 0.2) is 28.7 Å². The van der Waals surface area contributed by atoms with E-state index in [-0.39, 0.29) is 0 Å². The van der Waals surface area contributed by atoms with Crippen LogP contribution in [0.3, 0.4) is 0 Å². The summed E-state index contributed by atoms with van der Waals surface area (Å²) in [5.74, 6) is 0.631. The molecular formula is C8H10BrO3PS. The summed E-state index contributed by atoms with van der Waals surface area (Å²) in [6, 6.07) is 7.35. The van der Waals surface area contributed by atoms with Crippen LogP contribution in [0.4, 0.5) is 0 Å². The summed E-state index contributed by atoms with van der Waals surface area (Å²) in [6.07, 6.45) is 0. The number of rotatable bonds is 4. The molecule has 1 rings (SSSR count). The molecule has 6 heteroatoms. The van der Waals surface area contributed by atoms with Crippen molar-refractivity contribution in [2.75, 3.05) is 14.2 Å². The van der Waals surface area contributed by atoms with Gasteiger partial charge in [0.1, 0.15) is 5.75 Å². The number of hydrogen-bond acceptors (Lipinski definition) is 4. The van der Waals surface area contributed by atoms with Gasteiger partial charge < -0.3 is 13.6 Å². The molecule has 1 aromatic rings. The Morgan fingerprint density at radius 3 is 2.43 bits per heavy atom. The molecule has 1 aromatic carbocycles. The minimum atomic E-state index is -2.61. The molecule has 3 nitrogen and oxygen atoms in total. The van der Waals surface area contributed by atoms with Crippen LogP contribution in [0.25, 0.3) is 0 Å². The van der Waals surface area contributed by atoms with Gasteiger partial charge in [0.2, 0.25) is 0 Å². The molecule has 0 aliphatic carbocycles. The maximum absolute atomic E-state index is 5.43. The number of halogens is 1. The zero-order valence-electron chi connectivity index (χ0n) is 7.77. The molecule has 0 spiro atoms. The van der Waals surface area contributed by atoms with E-state index in [1.807, 2.05) is 12.1 Å². The van der Waals surface area contributed by atoms with Crippen LogP contribution >= 0.6 is 22.6 Å². The van der Waals surface area contributed by atoms with Crippen LogP contribution in [0, 0.1) is 0 Å². The Kier molecular flexibility index (Phi) is 4.54. The average molecular weight is 297 g/mol. The maximum Gasteiger partial charge on any atom is 0.380 e. The third kappa shape index (κ3) is 3.33. The summed E-state index contributed by atoms with van der Waals surface area (Å²) in [7, 11) is 2.95. The van der Waals surface area contributed by atoms with Crippen molar-refractivity contribution in [2.24, 2.45) is 0 Å². The second-order valence-corrected chi connectivity index (χ2v) is 6.43. The van der Waals surface area contributed by atoms with Crippen molar-refractivity contribution in [1.82, 2.24) is 0 Å². The van der Waals surface area contributed by atoms with E-state index >= 15 is 0 Å². The Bertz CT molecular complexity index is 350. The molecule has 0 N–H and O–H groups in total. The first kappa shape index (κ1) is 12.1. The Labute approximate surface area is 96.7 Å². The van der Waals surface area contributed by atoms with Crippen molar-refractivity contribution in [1.29, 1.82) is 0 Å². The lowest BCUT2D eigenvalue weighted by Gasteiger charge is -2.18. The lowest BCUT2D eigenvalue weighted by atomic mass is 10.3. The highest BCUT2D eigenvalue weighted by Gasteiger charge is 2.18. The second-order valence-electron chi connectivity index (χ2n) is 2.36. The van der Waals surface area contributed by atoms with Gasteiger partial charge in [-0.2, -0.15) is 0 Å². The van der Waals surface area contributed by atoms with Gasteiger partial charge in [-0.15, -0.1) is 0 Å². The van der Waals surface area contributed by atoms with Crippen molar-refractivity contribution in [3.05, 3.63) is 28.7 Å². The highest BCUT2D eigenvalue weighted by atomic mass is 79.9. The molecule has 14 heavy (non-hydrogen) atoms. The number of benzene rings is 1. The molecular weight excluding hydrogens is 287 g/mol. The minimum Gasteiger partial charge on any atom is -0.424 e. The van der Waals surface area contributed by atoms with E-state index in [4.69, 9.17) is 25.4 Å². The van der Waals surface area contributed by atoms with Gasteiger partial charge in [0.05, 0.1) is 0 Å². The van der Waals surface area contributed by atoms with Gasteiger partial charge >= 0.3 is 6.72 Å². The van der Waals surface area contributed by atoms with E-state index in [0.29, 0.717) is 5.75 Å². The lowest BCUT2D eigenvalue weighted by Crippen LogP contribution is -1.96. The predicted molar refractivity (Wildman–Crippen MR) is 63.1 cm³/mol. The molecule has 0 saturated heterocycles. The van der Waals surface area contributed by atoms with Crippen LogP contribution < -0.4 is 4.52 Å². The average Bonchev–Trinajstić information content (AvgIpc) is 2.18. The lowest BCUT2D eigenvalue weighted by molar-refractivity contribution is 0.273. The fourth-order valence-electron chi connectivity index (χ4n) is 0.802. The van der Waals surface area contributed by atoms with Crippen LogP contribution in [-0.2, 0) is 20.9 Å². The van der Waals surface area contributed by atoms with Gasteiger partial charge in [-0.05, 0) is 18.2 Å². The van der Waals surface area contributed by atoms with E-state index in [1.54, 1.807) is 12.1 Å². The largest absolute Gasteiger partial charge is 0.424 e. The molecule has 0 aliphatic rings. The van der Waals surface area contributed by atoms with Crippen molar-refractivity contribution >= 4 is 34.5 Å². The monoisotopic (exact) mass is 296 g/mol. The van der Waals surface area contributed by atoms with Crippen molar-refractivity contribution in [2.45, 2.75) is 0 Å². The Balaban J connectivity index is 2.83. The molecule has 0 aromatic heterocycles. The van der Waals surface area contributed by atoms with Crippen molar-refractivity contribution in [3.8, 4) is 5.75 Å². The summed E-state index contributed by atoms with van der Waals surface area (Å²) in [4.78, 5) is 0. The van der Waals surface area contributed by atoms with E-state index in [9.17, 15) is 0 Å². The van der Waals surface area contributed by atoms with E-state index in [1.165, 1.54) is 14.2 Å². The minimum absolute atomic E-state index is 0.631. The fourth-order valence-corrected chi connectivity index (χ4v) is 2.11. The summed E-state index contributed by atoms with van der Waals surface area (Å²) in [5.41, 5.74) is 0. The van der Waals surface area contributed by atoms with Gasteiger partial charge in [-0.25, -0.2) is 0 Å². The standard InChI is InChI=1S/C8H10BrO3PS/c1-10-13(14,11-2)12-8-5-3-4-7(9)6-8/h3-6H,1-2H3. The molecule has 0 aliphatic heterocycles. The Morgan fingerprint density at radius 2 is 1.93 bits per heavy atom. The highest BCUT2D eigenvalue weighted by molar-refractivity contribution is 9.10. The van der Waals surface area contributed by atoms with E-state index < -0.39 is 6.72 Å². The molecule has 0 bridgehead atoms. The normalized spacial score (nSPS) is 11.4. The molecule has 0 heterocycles. The summed E-state index contributed by atoms with van der Waals surface area (Å²) >= 11 is 8.39. The van der Waals surface area contributed by atoms with Crippen molar-refractivity contribution in [3.63, 3.8) is 0 Å². The molecule has 0 saturated carbocycles. The highest BCUT2D eigenvalue weighted by Crippen LogP contribution is 2.48. The third-order valence-electron chi connectivity index (χ3n) is 1.46. The first-order chi connectivity index (χ1) is 6.59. The van der Waals surface area contributed by atoms with Crippen LogP contribution in [0.1, 0.15) is 0 Å². The van der Waals surface area contributed by atoms with Gasteiger partial charge in [0.25, 0.3) is 0 Å². The van der Waals surface area contributed by atoms with Gasteiger partial charge in [0, 0.05) is 30.5 Å². The Hall–Kier alpha value is 0.0700. The van der Waals surface area contributed by atoms with E-state index in [0.717, 1.165) is 4.47 Å². The zero-order valence-corrected chi connectivity index (χ0v) is 11.1. The quantitative estimate of drug-likeness (QED) is 0.797. The van der Waals surface area contributed by atoms with Crippen molar-refractivity contribution < 1.29 is 13.6 Å². The van der Waals surface area contributed by atoms with Crippen LogP contribution in [-0.4, -0.2) is 14.2 Å². The topological polar surface area (TPSA) is 27.7 Å². The van der Waals surface area contributed by atoms with Gasteiger partial charge in [0.15, 0.2) is 0 Å².